The van der Waals surface area contributed by atoms with E-state index >= 15 is 0 Å². The summed E-state index contributed by atoms with van der Waals surface area (Å²) in [5, 5.41) is 13.6. The maximum absolute atomic E-state index is 13.0. The van der Waals surface area contributed by atoms with Gasteiger partial charge in [-0.05, 0) is 29.5 Å². The van der Waals surface area contributed by atoms with Gasteiger partial charge in [-0.15, -0.1) is 0 Å². The first-order chi connectivity index (χ1) is 12.6. The van der Waals surface area contributed by atoms with E-state index in [1.807, 2.05) is 30.3 Å². The Labute approximate surface area is 148 Å². The van der Waals surface area contributed by atoms with Crippen molar-refractivity contribution in [1.82, 2.24) is 9.97 Å². The second kappa shape index (κ2) is 6.34. The second-order valence-corrected chi connectivity index (χ2v) is 6.35. The number of fused-ring (bicyclic) bond motifs is 1. The number of aromatic nitrogens is 2. The number of hydrogen-bond acceptors (Lipinski definition) is 5. The summed E-state index contributed by atoms with van der Waals surface area (Å²) in [6, 6.07) is 10.9. The van der Waals surface area contributed by atoms with Gasteiger partial charge in [0.1, 0.15) is 17.8 Å². The van der Waals surface area contributed by atoms with Crippen LogP contribution in [0.15, 0.2) is 42.6 Å². The van der Waals surface area contributed by atoms with Crippen molar-refractivity contribution in [3.05, 3.63) is 48.2 Å². The smallest absolute Gasteiger partial charge is 0.231 e. The molecule has 1 fully saturated rings. The van der Waals surface area contributed by atoms with E-state index in [1.54, 1.807) is 6.07 Å². The van der Waals surface area contributed by atoms with Gasteiger partial charge in [-0.2, -0.15) is 0 Å². The fourth-order valence-corrected chi connectivity index (χ4v) is 2.94. The Morgan fingerprint density at radius 3 is 2.85 bits per heavy atom. The lowest BCUT2D eigenvalue weighted by Crippen LogP contribution is -2.15. The largest absolute Gasteiger partial charge is 0.392 e. The molecule has 0 unspecified atom stereocenters. The number of nitrogen functional groups attached to an aromatic ring is 1. The number of halogens is 1. The first kappa shape index (κ1) is 16.4. The number of pyridine rings is 2. The number of carbonyl (C=O) groups is 1. The van der Waals surface area contributed by atoms with Crippen LogP contribution >= 0.6 is 0 Å². The predicted molar refractivity (Wildman–Crippen MR) is 96.9 cm³/mol. The molecule has 2 aromatic heterocycles. The van der Waals surface area contributed by atoms with E-state index in [4.69, 9.17) is 5.73 Å². The van der Waals surface area contributed by atoms with E-state index in [2.05, 4.69) is 15.3 Å². The first-order valence-corrected chi connectivity index (χ1v) is 8.27. The fraction of sp³-hybridized carbons (Fsp3) is 0.211. The van der Waals surface area contributed by atoms with E-state index in [-0.39, 0.29) is 18.9 Å². The van der Waals surface area contributed by atoms with Crippen LogP contribution in [0.5, 0.6) is 0 Å². The number of nitrogens with two attached hydrogens (primary N) is 1. The van der Waals surface area contributed by atoms with Crippen molar-refractivity contribution in [3.63, 3.8) is 0 Å². The highest BCUT2D eigenvalue weighted by Gasteiger charge is 2.43. The Hall–Kier alpha value is -3.06. The van der Waals surface area contributed by atoms with Gasteiger partial charge in [-0.1, -0.05) is 24.3 Å². The van der Waals surface area contributed by atoms with E-state index < -0.39 is 12.1 Å². The zero-order valence-electron chi connectivity index (χ0n) is 13.8. The summed E-state index contributed by atoms with van der Waals surface area (Å²) in [6.45, 7) is -0.112. The summed E-state index contributed by atoms with van der Waals surface area (Å²) in [6.07, 6.45) is 0.740. The first-order valence-electron chi connectivity index (χ1n) is 8.27. The number of nitrogens with one attached hydrogen (secondary N) is 1. The zero-order valence-corrected chi connectivity index (χ0v) is 13.8. The van der Waals surface area contributed by atoms with Gasteiger partial charge < -0.3 is 16.2 Å². The molecule has 0 radical (unpaired) electrons. The van der Waals surface area contributed by atoms with Gasteiger partial charge >= 0.3 is 0 Å². The molecule has 1 amide bonds. The minimum atomic E-state index is -1.06. The number of amides is 1. The highest BCUT2D eigenvalue weighted by atomic mass is 19.1. The van der Waals surface area contributed by atoms with Gasteiger partial charge in [0.05, 0.1) is 18.2 Å². The maximum Gasteiger partial charge on any atom is 0.231 e. The molecule has 4 N–H and O–H groups in total. The molecule has 3 aromatic rings. The molecule has 6 nitrogen and oxygen atoms in total. The lowest BCUT2D eigenvalue weighted by molar-refractivity contribution is -0.117. The quantitative estimate of drug-likeness (QED) is 0.670. The van der Waals surface area contributed by atoms with E-state index in [0.717, 1.165) is 16.5 Å². The monoisotopic (exact) mass is 352 g/mol. The average molecular weight is 352 g/mol. The van der Waals surface area contributed by atoms with Crippen LogP contribution in [0.25, 0.3) is 22.0 Å². The normalized spacial score (nSPS) is 18.7. The number of alkyl halides is 1. The maximum atomic E-state index is 13.0. The Morgan fingerprint density at radius 2 is 2.12 bits per heavy atom. The van der Waals surface area contributed by atoms with E-state index in [1.165, 1.54) is 6.20 Å². The number of rotatable bonds is 4. The Balaban J connectivity index is 1.73. The van der Waals surface area contributed by atoms with Crippen molar-refractivity contribution in [2.75, 3.05) is 11.1 Å². The zero-order chi connectivity index (χ0) is 18.3. The molecule has 1 aliphatic rings. The third-order valence-corrected chi connectivity index (χ3v) is 4.51. The number of hydrogen-bond donors (Lipinski definition) is 3. The van der Waals surface area contributed by atoms with E-state index in [9.17, 15) is 14.3 Å². The van der Waals surface area contributed by atoms with Crippen LogP contribution < -0.4 is 11.1 Å². The molecule has 2 heterocycles. The molecule has 1 saturated carbocycles. The SMILES string of the molecule is Nc1nc(-c2ccccc2CO)cc2cc(NC(=O)[C@@H]3C[C@@H]3F)ncc12. The minimum Gasteiger partial charge on any atom is -0.392 e. The molecule has 0 bridgehead atoms. The lowest BCUT2D eigenvalue weighted by Gasteiger charge is -2.11. The van der Waals surface area contributed by atoms with Gasteiger partial charge in [-0.3, -0.25) is 4.79 Å². The van der Waals surface area contributed by atoms with Crippen LogP contribution in [0.4, 0.5) is 16.0 Å². The molecule has 7 heteroatoms. The van der Waals surface area contributed by atoms with Crippen LogP contribution in [0.2, 0.25) is 0 Å². The molecule has 0 saturated heterocycles. The molecule has 0 spiro atoms. The van der Waals surface area contributed by atoms with Crippen LogP contribution in [-0.2, 0) is 11.4 Å². The average Bonchev–Trinajstić information content (AvgIpc) is 3.38. The van der Waals surface area contributed by atoms with Crippen LogP contribution in [0, 0.1) is 5.92 Å². The lowest BCUT2D eigenvalue weighted by atomic mass is 10.0. The van der Waals surface area contributed by atoms with Crippen LogP contribution in [0.3, 0.4) is 0 Å². The molecular formula is C19H17FN4O2. The highest BCUT2D eigenvalue weighted by Crippen LogP contribution is 2.35. The number of anilines is 2. The van der Waals surface area contributed by atoms with Crippen molar-refractivity contribution in [2.45, 2.75) is 19.2 Å². The molecule has 132 valence electrons. The third-order valence-electron chi connectivity index (χ3n) is 4.51. The Bertz CT molecular complexity index is 1010. The summed E-state index contributed by atoms with van der Waals surface area (Å²) < 4.78 is 13.0. The summed E-state index contributed by atoms with van der Waals surface area (Å²) >= 11 is 0. The molecule has 4 rings (SSSR count). The topological polar surface area (TPSA) is 101 Å². The minimum absolute atomic E-state index is 0.112. The van der Waals surface area contributed by atoms with Crippen LogP contribution in [0.1, 0.15) is 12.0 Å². The molecular weight excluding hydrogens is 335 g/mol. The van der Waals surface area contributed by atoms with Crippen LogP contribution in [-0.4, -0.2) is 27.2 Å². The summed E-state index contributed by atoms with van der Waals surface area (Å²) in [4.78, 5) is 20.5. The highest BCUT2D eigenvalue weighted by molar-refractivity contribution is 5.98. The Morgan fingerprint density at radius 1 is 1.35 bits per heavy atom. The second-order valence-electron chi connectivity index (χ2n) is 6.35. The van der Waals surface area contributed by atoms with Crippen molar-refractivity contribution in [3.8, 4) is 11.3 Å². The summed E-state index contributed by atoms with van der Waals surface area (Å²) in [5.74, 6) is -0.297. The summed E-state index contributed by atoms with van der Waals surface area (Å²) in [5.41, 5.74) is 8.20. The summed E-state index contributed by atoms with van der Waals surface area (Å²) in [7, 11) is 0. The predicted octanol–water partition coefficient (Wildman–Crippen LogP) is 2.67. The molecule has 1 aromatic carbocycles. The van der Waals surface area contributed by atoms with Crippen molar-refractivity contribution >= 4 is 28.3 Å². The van der Waals surface area contributed by atoms with Gasteiger partial charge in [0.15, 0.2) is 0 Å². The molecule has 0 aliphatic heterocycles. The molecule has 26 heavy (non-hydrogen) atoms. The molecule has 2 atom stereocenters. The van der Waals surface area contributed by atoms with Gasteiger partial charge in [-0.25, -0.2) is 14.4 Å². The van der Waals surface area contributed by atoms with Gasteiger partial charge in [0, 0.05) is 17.1 Å². The number of aliphatic hydroxyl groups excluding tert-OH is 1. The number of benzene rings is 1. The fourth-order valence-electron chi connectivity index (χ4n) is 2.94. The standard InChI is InChI=1S/C19H17FN4O2/c20-15-7-13(15)19(26)24-17-6-11-5-16(23-18(21)14(11)8-22-17)12-4-2-1-3-10(12)9-25/h1-6,8,13,15,25H,7,9H2,(H2,21,23)(H,22,24,26)/t13-,15+/m1/s1. The number of aliphatic hydroxyl groups is 1. The van der Waals surface area contributed by atoms with Crippen molar-refractivity contribution in [2.24, 2.45) is 5.92 Å². The third kappa shape index (κ3) is 2.97. The molecule has 1 aliphatic carbocycles. The van der Waals surface area contributed by atoms with Gasteiger partial charge in [0.2, 0.25) is 5.91 Å². The van der Waals surface area contributed by atoms with Crippen molar-refractivity contribution < 1.29 is 14.3 Å². The van der Waals surface area contributed by atoms with Gasteiger partial charge in [0.25, 0.3) is 0 Å². The van der Waals surface area contributed by atoms with E-state index in [0.29, 0.717) is 22.7 Å². The number of nitrogens with zero attached hydrogens (tertiary/aromatic N) is 2. The number of carbonyl (C=O) groups excluding carboxylic acids is 1. The van der Waals surface area contributed by atoms with Crippen molar-refractivity contribution in [1.29, 1.82) is 0 Å². The Kier molecular flexibility index (Phi) is 4.00.